The summed E-state index contributed by atoms with van der Waals surface area (Å²) in [5, 5.41) is 9.44. The summed E-state index contributed by atoms with van der Waals surface area (Å²) in [6.45, 7) is 0. The summed E-state index contributed by atoms with van der Waals surface area (Å²) in [6, 6.07) is 8.24. The lowest BCUT2D eigenvalue weighted by atomic mass is 10.2. The predicted molar refractivity (Wildman–Crippen MR) is 105 cm³/mol. The maximum atomic E-state index is 12.8. The van der Waals surface area contributed by atoms with Gasteiger partial charge in [0.2, 0.25) is 0 Å². The topological polar surface area (TPSA) is 102 Å². The van der Waals surface area contributed by atoms with Crippen LogP contribution in [-0.2, 0) is 10.0 Å². The molecule has 0 amide bonds. The highest BCUT2D eigenvalue weighted by atomic mass is 35.5. The van der Waals surface area contributed by atoms with E-state index in [0.29, 0.717) is 11.5 Å². The van der Waals surface area contributed by atoms with E-state index in [-0.39, 0.29) is 21.7 Å². The van der Waals surface area contributed by atoms with Crippen molar-refractivity contribution in [2.75, 3.05) is 11.8 Å². The predicted octanol–water partition coefficient (Wildman–Crippen LogP) is 4.17. The zero-order valence-electron chi connectivity index (χ0n) is 15.1. The fourth-order valence-corrected chi connectivity index (χ4v) is 4.53. The van der Waals surface area contributed by atoms with Crippen molar-refractivity contribution in [3.05, 3.63) is 47.0 Å². The first-order valence-electron chi connectivity index (χ1n) is 8.70. The van der Waals surface area contributed by atoms with E-state index in [1.165, 1.54) is 25.3 Å². The summed E-state index contributed by atoms with van der Waals surface area (Å²) >= 11 is 5.80. The Balaban J connectivity index is 1.91. The number of hydrogen-bond acceptors (Lipinski definition) is 5. The number of carboxylic acids is 1. The Morgan fingerprint density at radius 2 is 1.86 bits per heavy atom. The summed E-state index contributed by atoms with van der Waals surface area (Å²) < 4.78 is 39.2. The third-order valence-electron chi connectivity index (χ3n) is 4.47. The molecule has 2 aromatic rings. The van der Waals surface area contributed by atoms with Crippen molar-refractivity contribution in [2.45, 2.75) is 36.7 Å². The summed E-state index contributed by atoms with van der Waals surface area (Å²) in [5.74, 6) is -0.459. The third kappa shape index (κ3) is 4.51. The molecule has 1 fully saturated rings. The van der Waals surface area contributed by atoms with Gasteiger partial charge in [-0.05, 0) is 56.0 Å². The van der Waals surface area contributed by atoms with Crippen molar-refractivity contribution >= 4 is 33.3 Å². The van der Waals surface area contributed by atoms with Gasteiger partial charge in [-0.15, -0.1) is 0 Å². The first-order valence-corrected chi connectivity index (χ1v) is 10.6. The van der Waals surface area contributed by atoms with Crippen molar-refractivity contribution in [1.82, 2.24) is 0 Å². The van der Waals surface area contributed by atoms with Gasteiger partial charge >= 0.3 is 5.97 Å². The van der Waals surface area contributed by atoms with E-state index in [9.17, 15) is 18.3 Å². The second kappa shape index (κ2) is 8.28. The molecule has 1 aliphatic carbocycles. The van der Waals surface area contributed by atoms with E-state index in [0.717, 1.165) is 37.8 Å². The Labute approximate surface area is 168 Å². The monoisotopic (exact) mass is 425 g/mol. The molecule has 0 atom stereocenters. The highest BCUT2D eigenvalue weighted by Crippen LogP contribution is 2.34. The van der Waals surface area contributed by atoms with Crippen molar-refractivity contribution in [1.29, 1.82) is 0 Å². The highest BCUT2D eigenvalue weighted by Gasteiger charge is 2.24. The molecule has 7 nitrogen and oxygen atoms in total. The lowest BCUT2D eigenvalue weighted by Gasteiger charge is -2.17. The van der Waals surface area contributed by atoms with Crippen LogP contribution in [0.5, 0.6) is 11.5 Å². The van der Waals surface area contributed by atoms with Gasteiger partial charge in [-0.25, -0.2) is 13.2 Å². The maximum absolute atomic E-state index is 12.8. The van der Waals surface area contributed by atoms with Crippen LogP contribution in [0.4, 0.5) is 5.69 Å². The van der Waals surface area contributed by atoms with Gasteiger partial charge in [0.05, 0.1) is 24.5 Å². The van der Waals surface area contributed by atoms with Gasteiger partial charge in [0.15, 0.2) is 11.5 Å². The lowest BCUT2D eigenvalue weighted by Crippen LogP contribution is -2.17. The molecule has 1 aliphatic rings. The zero-order valence-corrected chi connectivity index (χ0v) is 16.7. The van der Waals surface area contributed by atoms with E-state index in [4.69, 9.17) is 21.1 Å². The molecule has 0 heterocycles. The molecule has 0 saturated heterocycles. The molecular formula is C19H20ClNO6S. The third-order valence-corrected chi connectivity index (χ3v) is 6.15. The Morgan fingerprint density at radius 3 is 2.50 bits per heavy atom. The lowest BCUT2D eigenvalue weighted by molar-refractivity contribution is 0.0692. The fraction of sp³-hybridized carbons (Fsp3) is 0.316. The first kappa shape index (κ1) is 20.3. The van der Waals surface area contributed by atoms with Crippen LogP contribution in [0.1, 0.15) is 36.0 Å². The number of carboxylic acid groups (broad SMARTS) is 1. The number of carbonyl (C=O) groups is 1. The Bertz CT molecular complexity index is 986. The fourth-order valence-electron chi connectivity index (χ4n) is 3.13. The summed E-state index contributed by atoms with van der Waals surface area (Å²) in [7, 11) is -2.65. The van der Waals surface area contributed by atoms with Crippen molar-refractivity contribution < 1.29 is 27.8 Å². The van der Waals surface area contributed by atoms with Gasteiger partial charge < -0.3 is 14.6 Å². The minimum atomic E-state index is -4.16. The molecule has 0 bridgehead atoms. The quantitative estimate of drug-likeness (QED) is 0.690. The largest absolute Gasteiger partial charge is 0.493 e. The molecule has 1 saturated carbocycles. The van der Waals surface area contributed by atoms with Crippen molar-refractivity contribution in [3.8, 4) is 11.5 Å². The molecule has 9 heteroatoms. The minimum absolute atomic E-state index is 0.0654. The number of hydrogen-bond donors (Lipinski definition) is 2. The highest BCUT2D eigenvalue weighted by molar-refractivity contribution is 7.92. The standard InChI is InChI=1S/C19H20ClNO6S/c1-26-16-8-7-13(11-17(16)27-14-4-2-3-5-14)21-28(24,25)18-9-6-12(20)10-15(18)19(22)23/h6-11,14,21H,2-5H2,1H3,(H,22,23). The number of benzene rings is 2. The summed E-state index contributed by atoms with van der Waals surface area (Å²) in [4.78, 5) is 11.0. The van der Waals surface area contributed by atoms with E-state index >= 15 is 0 Å². The van der Waals surface area contributed by atoms with E-state index in [1.54, 1.807) is 6.07 Å². The normalized spacial score (nSPS) is 14.6. The molecule has 2 N–H and O–H groups in total. The van der Waals surface area contributed by atoms with E-state index in [1.807, 2.05) is 0 Å². The van der Waals surface area contributed by atoms with Crippen LogP contribution >= 0.6 is 11.6 Å². The van der Waals surface area contributed by atoms with Gasteiger partial charge in [-0.1, -0.05) is 11.6 Å². The molecule has 2 aromatic carbocycles. The molecule has 0 spiro atoms. The second-order valence-corrected chi connectivity index (χ2v) is 8.53. The van der Waals surface area contributed by atoms with Gasteiger partial charge in [0.1, 0.15) is 4.90 Å². The maximum Gasteiger partial charge on any atom is 0.337 e. The van der Waals surface area contributed by atoms with Crippen LogP contribution in [0.25, 0.3) is 0 Å². The minimum Gasteiger partial charge on any atom is -0.493 e. The van der Waals surface area contributed by atoms with Crippen LogP contribution in [0.3, 0.4) is 0 Å². The number of halogens is 1. The summed E-state index contributed by atoms with van der Waals surface area (Å²) in [5.41, 5.74) is -0.170. The first-order chi connectivity index (χ1) is 13.3. The van der Waals surface area contributed by atoms with E-state index < -0.39 is 21.6 Å². The number of methoxy groups -OCH3 is 1. The summed E-state index contributed by atoms with van der Waals surface area (Å²) in [6.07, 6.45) is 4.12. The molecule has 0 aliphatic heterocycles. The number of ether oxygens (including phenoxy) is 2. The average molecular weight is 426 g/mol. The van der Waals surface area contributed by atoms with Crippen LogP contribution in [0, 0.1) is 0 Å². The van der Waals surface area contributed by atoms with Gasteiger partial charge in [-0.3, -0.25) is 4.72 Å². The molecule has 28 heavy (non-hydrogen) atoms. The molecule has 0 aromatic heterocycles. The zero-order chi connectivity index (χ0) is 20.3. The van der Waals surface area contributed by atoms with Crippen molar-refractivity contribution in [2.24, 2.45) is 0 Å². The molecular weight excluding hydrogens is 406 g/mol. The molecule has 150 valence electrons. The number of sulfonamides is 1. The van der Waals surface area contributed by atoms with Crippen LogP contribution in [-0.4, -0.2) is 32.7 Å². The Hall–Kier alpha value is -2.45. The Morgan fingerprint density at radius 1 is 1.14 bits per heavy atom. The number of nitrogens with one attached hydrogen (secondary N) is 1. The number of rotatable bonds is 7. The second-order valence-electron chi connectivity index (χ2n) is 6.44. The van der Waals surface area contributed by atoms with Gasteiger partial charge in [0, 0.05) is 11.1 Å². The van der Waals surface area contributed by atoms with Gasteiger partial charge in [0.25, 0.3) is 10.0 Å². The SMILES string of the molecule is COc1ccc(NS(=O)(=O)c2ccc(Cl)cc2C(=O)O)cc1OC1CCCC1. The van der Waals surface area contributed by atoms with E-state index in [2.05, 4.69) is 4.72 Å². The van der Waals surface area contributed by atoms with Crippen LogP contribution in [0.2, 0.25) is 5.02 Å². The molecule has 3 rings (SSSR count). The van der Waals surface area contributed by atoms with Crippen molar-refractivity contribution in [3.63, 3.8) is 0 Å². The van der Waals surface area contributed by atoms with Crippen LogP contribution in [0.15, 0.2) is 41.3 Å². The molecule has 0 unspecified atom stereocenters. The van der Waals surface area contributed by atoms with Crippen LogP contribution < -0.4 is 14.2 Å². The Kier molecular flexibility index (Phi) is 6.00. The average Bonchev–Trinajstić information content (AvgIpc) is 3.14. The number of anilines is 1. The molecule has 0 radical (unpaired) electrons. The van der Waals surface area contributed by atoms with Gasteiger partial charge in [-0.2, -0.15) is 0 Å². The number of aromatic carboxylic acids is 1. The smallest absolute Gasteiger partial charge is 0.337 e.